The topological polar surface area (TPSA) is 30.0 Å². The van der Waals surface area contributed by atoms with Crippen molar-refractivity contribution in [2.45, 2.75) is 53.4 Å². The highest BCUT2D eigenvalue weighted by Gasteiger charge is 2.28. The lowest BCUT2D eigenvalue weighted by Crippen LogP contribution is -2.26. The van der Waals surface area contributed by atoms with Crippen LogP contribution in [0.25, 0.3) is 0 Å². The number of ketones is 1. The molecule has 0 fully saturated rings. The summed E-state index contributed by atoms with van der Waals surface area (Å²) in [5.41, 5.74) is 0.924. The first kappa shape index (κ1) is 13.4. The van der Waals surface area contributed by atoms with Crippen LogP contribution in [0.1, 0.15) is 50.7 Å². The van der Waals surface area contributed by atoms with Crippen molar-refractivity contribution in [3.63, 3.8) is 0 Å². The summed E-state index contributed by atoms with van der Waals surface area (Å²) in [6.07, 6.45) is 3.29. The van der Waals surface area contributed by atoms with E-state index >= 15 is 0 Å². The average molecular weight is 239 g/mol. The molecule has 2 nitrogen and oxygen atoms in total. The lowest BCUT2D eigenvalue weighted by molar-refractivity contribution is -0.128. The molecule has 1 aromatic heterocycles. The van der Waals surface area contributed by atoms with Gasteiger partial charge in [0.25, 0.3) is 0 Å². The molecule has 0 atom stereocenters. The summed E-state index contributed by atoms with van der Waals surface area (Å²) >= 11 is 1.65. The fraction of sp³-hybridized carbons (Fsp3) is 0.692. The molecule has 90 valence electrons. The predicted octanol–water partition coefficient (Wildman–Crippen LogP) is 3.78. The molecule has 1 aromatic rings. The van der Waals surface area contributed by atoms with Gasteiger partial charge in [0.1, 0.15) is 5.78 Å². The van der Waals surface area contributed by atoms with Gasteiger partial charge in [-0.05, 0) is 19.8 Å². The minimum Gasteiger partial charge on any atom is -0.299 e. The van der Waals surface area contributed by atoms with Gasteiger partial charge in [-0.25, -0.2) is 4.98 Å². The van der Waals surface area contributed by atoms with Gasteiger partial charge in [-0.3, -0.25) is 4.79 Å². The fourth-order valence-electron chi connectivity index (χ4n) is 1.68. The third-order valence-electron chi connectivity index (χ3n) is 3.47. The first-order valence-electron chi connectivity index (χ1n) is 5.96. The van der Waals surface area contributed by atoms with E-state index in [0.717, 1.165) is 30.0 Å². The van der Waals surface area contributed by atoms with E-state index in [2.05, 4.69) is 25.8 Å². The molecule has 0 aliphatic heterocycles. The molecule has 0 bridgehead atoms. The average Bonchev–Trinajstić information content (AvgIpc) is 2.70. The van der Waals surface area contributed by atoms with Crippen LogP contribution in [-0.4, -0.2) is 10.8 Å². The van der Waals surface area contributed by atoms with Gasteiger partial charge in [0.15, 0.2) is 0 Å². The minimum atomic E-state index is -0.133. The molecule has 3 heteroatoms. The number of rotatable bonds is 6. The fourth-order valence-corrected chi connectivity index (χ4v) is 2.46. The Kier molecular flexibility index (Phi) is 4.66. The van der Waals surface area contributed by atoms with Crippen molar-refractivity contribution in [1.29, 1.82) is 0 Å². The summed E-state index contributed by atoms with van der Waals surface area (Å²) < 4.78 is 0. The van der Waals surface area contributed by atoms with Crippen LogP contribution in [0.15, 0.2) is 5.38 Å². The van der Waals surface area contributed by atoms with Crippen LogP contribution in [0, 0.1) is 12.3 Å². The second-order valence-corrected chi connectivity index (χ2v) is 5.52. The second-order valence-electron chi connectivity index (χ2n) is 4.57. The molecular weight excluding hydrogens is 218 g/mol. The van der Waals surface area contributed by atoms with E-state index in [4.69, 9.17) is 0 Å². The van der Waals surface area contributed by atoms with Crippen molar-refractivity contribution in [3.8, 4) is 0 Å². The zero-order valence-electron chi connectivity index (χ0n) is 10.7. The molecule has 16 heavy (non-hydrogen) atoms. The van der Waals surface area contributed by atoms with Crippen LogP contribution in [0.2, 0.25) is 0 Å². The Bertz CT molecular complexity index is 353. The number of nitrogens with zero attached hydrogens (tertiary/aromatic N) is 1. The molecule has 0 aliphatic carbocycles. The zero-order chi connectivity index (χ0) is 12.2. The highest BCUT2D eigenvalue weighted by molar-refractivity contribution is 7.09. The maximum atomic E-state index is 12.1. The maximum absolute atomic E-state index is 12.1. The number of carbonyl (C=O) groups excluding carboxylic acids is 1. The number of hydrogen-bond donors (Lipinski definition) is 0. The lowest BCUT2D eigenvalue weighted by atomic mass is 9.79. The highest BCUT2D eigenvalue weighted by atomic mass is 32.1. The third-order valence-corrected chi connectivity index (χ3v) is 4.49. The normalized spacial score (nSPS) is 11.8. The van der Waals surface area contributed by atoms with E-state index in [1.165, 1.54) is 0 Å². The van der Waals surface area contributed by atoms with Crippen molar-refractivity contribution in [3.05, 3.63) is 16.1 Å². The van der Waals surface area contributed by atoms with Gasteiger partial charge in [-0.2, -0.15) is 0 Å². The molecule has 0 N–H and O–H groups in total. The van der Waals surface area contributed by atoms with Crippen molar-refractivity contribution < 1.29 is 4.79 Å². The molecule has 0 spiro atoms. The summed E-state index contributed by atoms with van der Waals surface area (Å²) in [6.45, 7) is 8.25. The van der Waals surface area contributed by atoms with Crippen LogP contribution in [0.3, 0.4) is 0 Å². The van der Waals surface area contributed by atoms with Gasteiger partial charge < -0.3 is 0 Å². The Labute approximate surface area is 102 Å². The highest BCUT2D eigenvalue weighted by Crippen LogP contribution is 2.28. The number of Topliss-reactive ketones (excluding diaryl/α,β-unsaturated/α-hetero) is 1. The molecule has 0 amide bonds. The molecule has 1 rings (SSSR count). The maximum Gasteiger partial charge on any atom is 0.139 e. The Morgan fingerprint density at radius 1 is 1.44 bits per heavy atom. The van der Waals surface area contributed by atoms with E-state index in [0.29, 0.717) is 12.2 Å². The number of thiazole rings is 1. The van der Waals surface area contributed by atoms with Crippen LogP contribution < -0.4 is 0 Å². The standard InChI is InChI=1S/C13H21NOS/c1-5-13(4,6-2)11(15)7-8-12-14-10(3)9-16-12/h9H,5-8H2,1-4H3. The summed E-state index contributed by atoms with van der Waals surface area (Å²) in [4.78, 5) is 16.5. The third kappa shape index (κ3) is 3.14. The monoisotopic (exact) mass is 239 g/mol. The smallest absolute Gasteiger partial charge is 0.139 e. The van der Waals surface area contributed by atoms with Crippen LogP contribution in [0.4, 0.5) is 0 Å². The van der Waals surface area contributed by atoms with E-state index in [9.17, 15) is 4.79 Å². The lowest BCUT2D eigenvalue weighted by Gasteiger charge is -2.24. The van der Waals surface area contributed by atoms with E-state index < -0.39 is 0 Å². The molecule has 0 saturated heterocycles. The molecule has 0 aliphatic rings. The summed E-state index contributed by atoms with van der Waals surface area (Å²) in [6, 6.07) is 0. The van der Waals surface area contributed by atoms with Gasteiger partial charge in [0.05, 0.1) is 5.01 Å². The zero-order valence-corrected chi connectivity index (χ0v) is 11.5. The first-order valence-corrected chi connectivity index (χ1v) is 6.84. The Hall–Kier alpha value is -0.700. The number of aromatic nitrogens is 1. The van der Waals surface area contributed by atoms with Crippen molar-refractivity contribution in [2.24, 2.45) is 5.41 Å². The van der Waals surface area contributed by atoms with Crippen molar-refractivity contribution in [2.75, 3.05) is 0 Å². The first-order chi connectivity index (χ1) is 7.51. The minimum absolute atomic E-state index is 0.133. The molecule has 0 radical (unpaired) electrons. The molecular formula is C13H21NOS. The van der Waals surface area contributed by atoms with Gasteiger partial charge in [-0.15, -0.1) is 11.3 Å². The van der Waals surface area contributed by atoms with Crippen molar-refractivity contribution >= 4 is 17.1 Å². The van der Waals surface area contributed by atoms with Crippen LogP contribution in [-0.2, 0) is 11.2 Å². The quantitative estimate of drug-likeness (QED) is 0.756. The number of carbonyl (C=O) groups is 1. The molecule has 0 aromatic carbocycles. The molecule has 1 heterocycles. The van der Waals surface area contributed by atoms with E-state index in [-0.39, 0.29) is 5.41 Å². The Balaban J connectivity index is 2.52. The van der Waals surface area contributed by atoms with Gasteiger partial charge >= 0.3 is 0 Å². The summed E-state index contributed by atoms with van der Waals surface area (Å²) in [7, 11) is 0. The van der Waals surface area contributed by atoms with Crippen molar-refractivity contribution in [1.82, 2.24) is 4.98 Å². The number of hydrogen-bond acceptors (Lipinski definition) is 3. The van der Waals surface area contributed by atoms with E-state index in [1.807, 2.05) is 12.3 Å². The summed E-state index contributed by atoms with van der Waals surface area (Å²) in [5.74, 6) is 0.380. The number of aryl methyl sites for hydroxylation is 2. The predicted molar refractivity (Wildman–Crippen MR) is 68.9 cm³/mol. The van der Waals surface area contributed by atoms with Gasteiger partial charge in [-0.1, -0.05) is 20.8 Å². The second kappa shape index (κ2) is 5.58. The summed E-state index contributed by atoms with van der Waals surface area (Å²) in [5, 5.41) is 3.12. The molecule has 0 unspecified atom stereocenters. The van der Waals surface area contributed by atoms with Crippen LogP contribution in [0.5, 0.6) is 0 Å². The Morgan fingerprint density at radius 2 is 2.06 bits per heavy atom. The van der Waals surface area contributed by atoms with Gasteiger partial charge in [0, 0.05) is 29.3 Å². The molecule has 0 saturated carbocycles. The van der Waals surface area contributed by atoms with E-state index in [1.54, 1.807) is 11.3 Å². The SMILES string of the molecule is CCC(C)(CC)C(=O)CCc1nc(C)cs1. The largest absolute Gasteiger partial charge is 0.299 e. The van der Waals surface area contributed by atoms with Gasteiger partial charge in [0.2, 0.25) is 0 Å². The Morgan fingerprint density at radius 3 is 2.50 bits per heavy atom. The van der Waals surface area contributed by atoms with Crippen LogP contribution >= 0.6 is 11.3 Å².